The Morgan fingerprint density at radius 1 is 1.00 bits per heavy atom. The second kappa shape index (κ2) is 8.77. The summed E-state index contributed by atoms with van der Waals surface area (Å²) in [4.78, 5) is 2.45. The quantitative estimate of drug-likeness (QED) is 0.487. The molecule has 1 atom stereocenters. The van der Waals surface area contributed by atoms with Gasteiger partial charge < -0.3 is 14.2 Å². The highest BCUT2D eigenvalue weighted by molar-refractivity contribution is 6.30. The monoisotopic (exact) mass is 439 g/mol. The summed E-state index contributed by atoms with van der Waals surface area (Å²) in [6.07, 6.45) is 1.60. The number of benzene rings is 3. The van der Waals surface area contributed by atoms with Crippen molar-refractivity contribution in [2.45, 2.75) is 25.5 Å². The largest absolute Gasteiger partial charge is 0.486 e. The molecule has 0 saturated carbocycles. The maximum atomic E-state index is 13.6. The molecule has 5 rings (SSSR count). The van der Waals surface area contributed by atoms with Crippen LogP contribution in [0.1, 0.15) is 29.2 Å². The van der Waals surface area contributed by atoms with E-state index in [1.54, 1.807) is 6.07 Å². The summed E-state index contributed by atoms with van der Waals surface area (Å²) in [6.45, 7) is 3.06. The van der Waals surface area contributed by atoms with Gasteiger partial charge in [-0.15, -0.1) is 0 Å². The van der Waals surface area contributed by atoms with Gasteiger partial charge in [-0.3, -0.25) is 4.90 Å². The molecule has 3 aromatic carbocycles. The first kappa shape index (κ1) is 20.2. The van der Waals surface area contributed by atoms with E-state index in [-0.39, 0.29) is 17.9 Å². The number of rotatable bonds is 6. The van der Waals surface area contributed by atoms with E-state index < -0.39 is 5.82 Å². The van der Waals surface area contributed by atoms with Crippen LogP contribution < -0.4 is 14.2 Å². The predicted molar refractivity (Wildman–Crippen MR) is 117 cm³/mol. The molecular formula is C25H23ClFNO3. The predicted octanol–water partition coefficient (Wildman–Crippen LogP) is 5.78. The number of ether oxygens (including phenoxy) is 3. The van der Waals surface area contributed by atoms with Crippen molar-refractivity contribution in [3.8, 4) is 17.2 Å². The van der Waals surface area contributed by atoms with E-state index in [0.29, 0.717) is 5.75 Å². The first-order valence-corrected chi connectivity index (χ1v) is 10.8. The van der Waals surface area contributed by atoms with Crippen molar-refractivity contribution in [2.24, 2.45) is 0 Å². The van der Waals surface area contributed by atoms with Gasteiger partial charge in [0.1, 0.15) is 17.7 Å². The molecule has 0 saturated heterocycles. The van der Waals surface area contributed by atoms with Crippen molar-refractivity contribution in [3.05, 3.63) is 88.2 Å². The van der Waals surface area contributed by atoms with Crippen LogP contribution in [0.15, 0.2) is 60.7 Å². The van der Waals surface area contributed by atoms with E-state index in [1.165, 1.54) is 23.3 Å². The lowest BCUT2D eigenvalue weighted by atomic mass is 9.99. The van der Waals surface area contributed by atoms with E-state index in [1.807, 2.05) is 18.2 Å². The molecule has 2 heterocycles. The second-order valence-electron chi connectivity index (χ2n) is 7.88. The van der Waals surface area contributed by atoms with Crippen molar-refractivity contribution >= 4 is 11.6 Å². The van der Waals surface area contributed by atoms with Crippen LogP contribution in [0.3, 0.4) is 0 Å². The van der Waals surface area contributed by atoms with E-state index in [4.69, 9.17) is 25.8 Å². The average molecular weight is 440 g/mol. The van der Waals surface area contributed by atoms with Crippen LogP contribution in [0.25, 0.3) is 0 Å². The zero-order chi connectivity index (χ0) is 21.2. The Hall–Kier alpha value is -2.76. The summed E-state index contributed by atoms with van der Waals surface area (Å²) in [6, 6.07) is 18.9. The summed E-state index contributed by atoms with van der Waals surface area (Å²) in [7, 11) is 0. The summed E-state index contributed by atoms with van der Waals surface area (Å²) in [5, 5.41) is 0.0505. The van der Waals surface area contributed by atoms with Crippen LogP contribution in [0, 0.1) is 5.82 Å². The molecule has 31 heavy (non-hydrogen) atoms. The first-order chi connectivity index (χ1) is 15.2. The third-order valence-electron chi connectivity index (χ3n) is 5.86. The number of fused-ring (bicyclic) bond motifs is 2. The van der Waals surface area contributed by atoms with Gasteiger partial charge in [0.2, 0.25) is 6.79 Å². The summed E-state index contributed by atoms with van der Waals surface area (Å²) < 4.78 is 30.9. The Bertz CT molecular complexity index is 1090. The minimum atomic E-state index is -0.458. The Balaban J connectivity index is 1.34. The lowest BCUT2D eigenvalue weighted by Gasteiger charge is -2.30. The molecule has 0 fully saturated rings. The van der Waals surface area contributed by atoms with Crippen LogP contribution in [-0.4, -0.2) is 24.8 Å². The van der Waals surface area contributed by atoms with E-state index >= 15 is 0 Å². The van der Waals surface area contributed by atoms with Crippen LogP contribution >= 0.6 is 11.6 Å². The van der Waals surface area contributed by atoms with Crippen LogP contribution in [-0.2, 0) is 13.0 Å². The Morgan fingerprint density at radius 2 is 1.84 bits per heavy atom. The lowest BCUT2D eigenvalue weighted by molar-refractivity contribution is 0.157. The number of hydrogen-bond donors (Lipinski definition) is 0. The standard InChI is InChI=1S/C25H23ClFNO3/c26-21-14-20(6-7-22(21)27)31-23(18-5-8-24-25(13-18)30-16-29-24)10-12-28-11-9-17-3-1-2-4-19(17)15-28/h1-8,13-14,23H,9-12,15-16H2. The molecule has 0 aromatic heterocycles. The first-order valence-electron chi connectivity index (χ1n) is 10.5. The summed E-state index contributed by atoms with van der Waals surface area (Å²) in [5.74, 6) is 1.54. The molecule has 4 nitrogen and oxygen atoms in total. The normalized spacial score (nSPS) is 16.1. The molecule has 0 spiro atoms. The van der Waals surface area contributed by atoms with Gasteiger partial charge in [-0.25, -0.2) is 4.39 Å². The molecule has 3 aromatic rings. The van der Waals surface area contributed by atoms with E-state index in [2.05, 4.69) is 29.2 Å². The van der Waals surface area contributed by atoms with Gasteiger partial charge >= 0.3 is 0 Å². The molecular weight excluding hydrogens is 417 g/mol. The summed E-state index contributed by atoms with van der Waals surface area (Å²) in [5.41, 5.74) is 3.81. The molecule has 160 valence electrons. The number of halogens is 2. The van der Waals surface area contributed by atoms with Gasteiger partial charge in [-0.05, 0) is 47.4 Å². The van der Waals surface area contributed by atoms with Gasteiger partial charge in [0.05, 0.1) is 5.02 Å². The van der Waals surface area contributed by atoms with Gasteiger partial charge in [0.15, 0.2) is 11.5 Å². The smallest absolute Gasteiger partial charge is 0.231 e. The molecule has 6 heteroatoms. The van der Waals surface area contributed by atoms with Crippen molar-refractivity contribution in [1.29, 1.82) is 0 Å². The lowest BCUT2D eigenvalue weighted by Crippen LogP contribution is -2.32. The topological polar surface area (TPSA) is 30.9 Å². The highest BCUT2D eigenvalue weighted by atomic mass is 35.5. The Labute approximate surface area is 186 Å². The maximum absolute atomic E-state index is 13.6. The van der Waals surface area contributed by atoms with Gasteiger partial charge in [0.25, 0.3) is 0 Å². The zero-order valence-electron chi connectivity index (χ0n) is 17.0. The molecule has 0 aliphatic carbocycles. The maximum Gasteiger partial charge on any atom is 0.231 e. The van der Waals surface area contributed by atoms with E-state index in [9.17, 15) is 4.39 Å². The molecule has 1 unspecified atom stereocenters. The molecule has 0 N–H and O–H groups in total. The van der Waals surface area contributed by atoms with Gasteiger partial charge in [-0.2, -0.15) is 0 Å². The SMILES string of the molecule is Fc1ccc(OC(CCN2CCc3ccccc3C2)c2ccc3c(c2)OCO3)cc1Cl. The number of hydrogen-bond acceptors (Lipinski definition) is 4. The molecule has 0 amide bonds. The molecule has 2 aliphatic heterocycles. The third-order valence-corrected chi connectivity index (χ3v) is 6.14. The fourth-order valence-electron chi connectivity index (χ4n) is 4.17. The van der Waals surface area contributed by atoms with Crippen molar-refractivity contribution in [3.63, 3.8) is 0 Å². The van der Waals surface area contributed by atoms with Crippen LogP contribution in [0.4, 0.5) is 4.39 Å². The fourth-order valence-corrected chi connectivity index (χ4v) is 4.34. The third kappa shape index (κ3) is 4.48. The van der Waals surface area contributed by atoms with Crippen molar-refractivity contribution in [2.75, 3.05) is 19.9 Å². The molecule has 2 aliphatic rings. The van der Waals surface area contributed by atoms with Gasteiger partial charge in [-0.1, -0.05) is 41.9 Å². The highest BCUT2D eigenvalue weighted by Gasteiger charge is 2.22. The van der Waals surface area contributed by atoms with Gasteiger partial charge in [0, 0.05) is 32.1 Å². The Kier molecular flexibility index (Phi) is 5.70. The van der Waals surface area contributed by atoms with Crippen molar-refractivity contribution in [1.82, 2.24) is 4.90 Å². The minimum absolute atomic E-state index is 0.0505. The molecule has 0 bridgehead atoms. The average Bonchev–Trinajstić information content (AvgIpc) is 3.27. The fraction of sp³-hybridized carbons (Fsp3) is 0.280. The second-order valence-corrected chi connectivity index (χ2v) is 8.29. The zero-order valence-corrected chi connectivity index (χ0v) is 17.8. The number of nitrogens with zero attached hydrogens (tertiary/aromatic N) is 1. The highest BCUT2D eigenvalue weighted by Crippen LogP contribution is 2.37. The minimum Gasteiger partial charge on any atom is -0.486 e. The Morgan fingerprint density at radius 3 is 2.71 bits per heavy atom. The van der Waals surface area contributed by atoms with Crippen LogP contribution in [0.2, 0.25) is 5.02 Å². The van der Waals surface area contributed by atoms with E-state index in [0.717, 1.165) is 49.5 Å². The summed E-state index contributed by atoms with van der Waals surface area (Å²) >= 11 is 5.97. The van der Waals surface area contributed by atoms with Crippen molar-refractivity contribution < 1.29 is 18.6 Å². The molecule has 0 radical (unpaired) electrons. The van der Waals surface area contributed by atoms with Crippen LogP contribution in [0.5, 0.6) is 17.2 Å².